The van der Waals surface area contributed by atoms with Crippen LogP contribution in [-0.2, 0) is 0 Å². The molecule has 0 bridgehead atoms. The van der Waals surface area contributed by atoms with Crippen molar-refractivity contribution in [1.29, 1.82) is 0 Å². The highest BCUT2D eigenvalue weighted by molar-refractivity contribution is 6.15. The molecule has 196 valence electrons. The van der Waals surface area contributed by atoms with Gasteiger partial charge in [0.1, 0.15) is 11.1 Å². The van der Waals surface area contributed by atoms with Gasteiger partial charge in [-0.3, -0.25) is 4.57 Å². The van der Waals surface area contributed by atoms with Gasteiger partial charge in [-0.15, -0.1) is 0 Å². The van der Waals surface area contributed by atoms with Gasteiger partial charge in [0.25, 0.3) is 0 Å². The summed E-state index contributed by atoms with van der Waals surface area (Å²) in [6.45, 7) is 0. The fourth-order valence-corrected chi connectivity index (χ4v) is 6.21. The first-order valence-corrected chi connectivity index (χ1v) is 14.1. The Morgan fingerprint density at radius 1 is 0.476 bits per heavy atom. The standard InChI is InChI=1S/C38H23N3O/c1-2-11-24(12-3-1)25-15-10-16-28(21-25)37-39-35-30-18-7-9-20-34(30)42-36(35)38(40-37)41-32-19-8-6-17-29(32)31-22-26-13-4-5-14-27(26)23-33(31)41/h1-23H. The van der Waals surface area contributed by atoms with Crippen LogP contribution >= 0.6 is 0 Å². The Morgan fingerprint density at radius 2 is 1.17 bits per heavy atom. The van der Waals surface area contributed by atoms with Crippen LogP contribution in [0.1, 0.15) is 0 Å². The maximum Gasteiger partial charge on any atom is 0.197 e. The summed E-state index contributed by atoms with van der Waals surface area (Å²) >= 11 is 0. The molecule has 9 rings (SSSR count). The highest BCUT2D eigenvalue weighted by Crippen LogP contribution is 2.39. The zero-order chi connectivity index (χ0) is 27.6. The van der Waals surface area contributed by atoms with Gasteiger partial charge in [0, 0.05) is 21.7 Å². The number of benzene rings is 6. The molecule has 0 aliphatic heterocycles. The molecule has 3 aromatic heterocycles. The molecule has 9 aromatic rings. The second-order valence-electron chi connectivity index (χ2n) is 10.7. The second-order valence-corrected chi connectivity index (χ2v) is 10.7. The number of para-hydroxylation sites is 2. The average molecular weight is 538 g/mol. The zero-order valence-electron chi connectivity index (χ0n) is 22.5. The van der Waals surface area contributed by atoms with Gasteiger partial charge in [0.05, 0.1) is 11.0 Å². The largest absolute Gasteiger partial charge is 0.450 e. The fourth-order valence-electron chi connectivity index (χ4n) is 6.21. The Labute approximate surface area is 241 Å². The zero-order valence-corrected chi connectivity index (χ0v) is 22.5. The molecule has 4 heteroatoms. The predicted octanol–water partition coefficient (Wildman–Crippen LogP) is 9.96. The van der Waals surface area contributed by atoms with E-state index in [4.69, 9.17) is 14.4 Å². The van der Waals surface area contributed by atoms with Crippen molar-refractivity contribution in [1.82, 2.24) is 14.5 Å². The SMILES string of the molecule is c1ccc(-c2cccc(-c3nc(-n4c5ccccc5c5cc6ccccc6cc54)c4oc5ccccc5c4n3)c2)cc1. The molecule has 0 atom stereocenters. The lowest BCUT2D eigenvalue weighted by Gasteiger charge is -2.11. The molecule has 0 fully saturated rings. The van der Waals surface area contributed by atoms with Crippen LogP contribution in [0, 0.1) is 0 Å². The molecule has 0 unspecified atom stereocenters. The van der Waals surface area contributed by atoms with Crippen LogP contribution in [0.2, 0.25) is 0 Å². The van der Waals surface area contributed by atoms with Crippen molar-refractivity contribution < 1.29 is 4.42 Å². The first-order chi connectivity index (χ1) is 20.8. The van der Waals surface area contributed by atoms with Crippen molar-refractivity contribution in [2.45, 2.75) is 0 Å². The van der Waals surface area contributed by atoms with E-state index in [0.29, 0.717) is 11.4 Å². The van der Waals surface area contributed by atoms with Gasteiger partial charge in [-0.05, 0) is 58.3 Å². The summed E-state index contributed by atoms with van der Waals surface area (Å²) in [4.78, 5) is 10.4. The first kappa shape index (κ1) is 23.0. The topological polar surface area (TPSA) is 43.9 Å². The Kier molecular flexibility index (Phi) is 4.87. The normalized spacial score (nSPS) is 11.8. The molecular formula is C38H23N3O. The number of furan rings is 1. The molecule has 0 saturated carbocycles. The highest BCUT2D eigenvalue weighted by Gasteiger charge is 2.22. The summed E-state index contributed by atoms with van der Waals surface area (Å²) in [6.07, 6.45) is 0. The highest BCUT2D eigenvalue weighted by atomic mass is 16.3. The van der Waals surface area contributed by atoms with Crippen LogP contribution in [0.3, 0.4) is 0 Å². The van der Waals surface area contributed by atoms with Crippen LogP contribution in [-0.4, -0.2) is 14.5 Å². The average Bonchev–Trinajstić information content (AvgIpc) is 3.59. The summed E-state index contributed by atoms with van der Waals surface area (Å²) < 4.78 is 8.77. The molecule has 0 spiro atoms. The predicted molar refractivity (Wildman–Crippen MR) is 172 cm³/mol. The number of hydrogen-bond donors (Lipinski definition) is 0. The third-order valence-corrected chi connectivity index (χ3v) is 8.18. The van der Waals surface area contributed by atoms with Crippen LogP contribution in [0.15, 0.2) is 144 Å². The molecule has 42 heavy (non-hydrogen) atoms. The number of fused-ring (bicyclic) bond motifs is 7. The van der Waals surface area contributed by atoms with E-state index in [1.54, 1.807) is 0 Å². The summed E-state index contributed by atoms with van der Waals surface area (Å²) in [5.41, 5.74) is 7.67. The molecule has 4 nitrogen and oxygen atoms in total. The monoisotopic (exact) mass is 537 g/mol. The van der Waals surface area contributed by atoms with Crippen LogP contribution in [0.4, 0.5) is 0 Å². The molecule has 0 aliphatic rings. The summed E-state index contributed by atoms with van der Waals surface area (Å²) in [7, 11) is 0. The molecular weight excluding hydrogens is 514 g/mol. The lowest BCUT2D eigenvalue weighted by Crippen LogP contribution is -2.02. The van der Waals surface area contributed by atoms with Gasteiger partial charge in [0.2, 0.25) is 0 Å². The Hall–Kier alpha value is -5.74. The van der Waals surface area contributed by atoms with E-state index in [0.717, 1.165) is 50.0 Å². The van der Waals surface area contributed by atoms with E-state index in [9.17, 15) is 0 Å². The molecule has 0 amide bonds. The van der Waals surface area contributed by atoms with E-state index in [2.05, 4.69) is 120 Å². The van der Waals surface area contributed by atoms with Crippen molar-refractivity contribution in [2.75, 3.05) is 0 Å². The van der Waals surface area contributed by atoms with Crippen molar-refractivity contribution in [3.63, 3.8) is 0 Å². The Balaban J connectivity index is 1.40. The van der Waals surface area contributed by atoms with E-state index < -0.39 is 0 Å². The van der Waals surface area contributed by atoms with Crippen molar-refractivity contribution in [3.8, 4) is 28.3 Å². The minimum atomic E-state index is 0.661. The minimum Gasteiger partial charge on any atom is -0.450 e. The summed E-state index contributed by atoms with van der Waals surface area (Å²) in [6, 6.07) is 48.5. The van der Waals surface area contributed by atoms with Gasteiger partial charge in [-0.2, -0.15) is 0 Å². The maximum absolute atomic E-state index is 6.53. The smallest absolute Gasteiger partial charge is 0.197 e. The molecule has 0 N–H and O–H groups in total. The fraction of sp³-hybridized carbons (Fsp3) is 0. The summed E-state index contributed by atoms with van der Waals surface area (Å²) in [5, 5.41) is 5.72. The quantitative estimate of drug-likeness (QED) is 0.225. The Bertz CT molecular complexity index is 2470. The van der Waals surface area contributed by atoms with Crippen LogP contribution < -0.4 is 0 Å². The van der Waals surface area contributed by atoms with Gasteiger partial charge >= 0.3 is 0 Å². The van der Waals surface area contributed by atoms with Crippen molar-refractivity contribution in [3.05, 3.63) is 140 Å². The number of aromatic nitrogens is 3. The lowest BCUT2D eigenvalue weighted by atomic mass is 10.0. The van der Waals surface area contributed by atoms with Crippen molar-refractivity contribution >= 4 is 54.6 Å². The van der Waals surface area contributed by atoms with Crippen LogP contribution in [0.25, 0.3) is 83.0 Å². The number of nitrogens with zero attached hydrogens (tertiary/aromatic N) is 3. The maximum atomic E-state index is 6.53. The molecule has 6 aromatic carbocycles. The third kappa shape index (κ3) is 3.42. The minimum absolute atomic E-state index is 0.661. The van der Waals surface area contributed by atoms with Crippen molar-refractivity contribution in [2.24, 2.45) is 0 Å². The molecule has 3 heterocycles. The number of rotatable bonds is 3. The van der Waals surface area contributed by atoms with E-state index >= 15 is 0 Å². The van der Waals surface area contributed by atoms with E-state index in [1.165, 1.54) is 21.5 Å². The van der Waals surface area contributed by atoms with Gasteiger partial charge < -0.3 is 4.42 Å². The van der Waals surface area contributed by atoms with Gasteiger partial charge in [0.15, 0.2) is 17.2 Å². The van der Waals surface area contributed by atoms with E-state index in [-0.39, 0.29) is 0 Å². The van der Waals surface area contributed by atoms with Gasteiger partial charge in [-0.25, -0.2) is 9.97 Å². The van der Waals surface area contributed by atoms with E-state index in [1.807, 2.05) is 24.3 Å². The number of hydrogen-bond acceptors (Lipinski definition) is 3. The van der Waals surface area contributed by atoms with Gasteiger partial charge in [-0.1, -0.05) is 103 Å². The lowest BCUT2D eigenvalue weighted by molar-refractivity contribution is 0.662. The second kappa shape index (κ2) is 8.88. The van der Waals surface area contributed by atoms with Crippen LogP contribution in [0.5, 0.6) is 0 Å². The molecule has 0 aliphatic carbocycles. The summed E-state index contributed by atoms with van der Waals surface area (Å²) in [5.74, 6) is 1.39. The molecule has 0 radical (unpaired) electrons. The third-order valence-electron chi connectivity index (χ3n) is 8.18. The Morgan fingerprint density at radius 3 is 2.05 bits per heavy atom. The molecule has 0 saturated heterocycles. The first-order valence-electron chi connectivity index (χ1n) is 14.1.